The van der Waals surface area contributed by atoms with Gasteiger partial charge in [0.2, 0.25) is 0 Å². The number of benzene rings is 3. The van der Waals surface area contributed by atoms with Crippen molar-refractivity contribution in [3.63, 3.8) is 0 Å². The molecule has 1 amide bonds. The van der Waals surface area contributed by atoms with Gasteiger partial charge in [-0.2, -0.15) is 0 Å². The van der Waals surface area contributed by atoms with Crippen molar-refractivity contribution in [2.75, 3.05) is 0 Å². The monoisotopic (exact) mass is 370 g/mol. The highest BCUT2D eigenvalue weighted by Crippen LogP contribution is 2.23. The zero-order valence-corrected chi connectivity index (χ0v) is 16.0. The maximum Gasteiger partial charge on any atom is 0.252 e. The number of hydrogen-bond acceptors (Lipinski definition) is 3. The maximum atomic E-state index is 13.0. The Labute approximate surface area is 164 Å². The number of hydrogen-bond donors (Lipinski definition) is 1. The third kappa shape index (κ3) is 3.51. The molecule has 0 aliphatic rings. The number of nitrogens with zero attached hydrogens (tertiary/aromatic N) is 3. The summed E-state index contributed by atoms with van der Waals surface area (Å²) in [6.45, 7) is 4.81. The van der Waals surface area contributed by atoms with E-state index < -0.39 is 0 Å². The summed E-state index contributed by atoms with van der Waals surface area (Å²) < 4.78 is 1.82. The van der Waals surface area contributed by atoms with E-state index in [1.165, 1.54) is 5.56 Å². The second-order valence-corrected chi connectivity index (χ2v) is 6.84. The Morgan fingerprint density at radius 1 is 1.00 bits per heavy atom. The zero-order valence-electron chi connectivity index (χ0n) is 16.0. The van der Waals surface area contributed by atoms with Crippen molar-refractivity contribution >= 4 is 16.9 Å². The number of aryl methyl sites for hydroxylation is 2. The van der Waals surface area contributed by atoms with Gasteiger partial charge < -0.3 is 5.32 Å². The van der Waals surface area contributed by atoms with Gasteiger partial charge in [0.1, 0.15) is 5.52 Å². The molecule has 1 N–H and O–H groups in total. The van der Waals surface area contributed by atoms with E-state index in [0.717, 1.165) is 28.7 Å². The average molecular weight is 370 g/mol. The number of fused-ring (bicyclic) bond motifs is 1. The van der Waals surface area contributed by atoms with E-state index in [9.17, 15) is 4.79 Å². The second kappa shape index (κ2) is 7.64. The van der Waals surface area contributed by atoms with Gasteiger partial charge in [-0.05, 0) is 43.2 Å². The molecule has 5 nitrogen and oxygen atoms in total. The van der Waals surface area contributed by atoms with Crippen LogP contribution < -0.4 is 5.32 Å². The van der Waals surface area contributed by atoms with Crippen LogP contribution in [0.3, 0.4) is 0 Å². The van der Waals surface area contributed by atoms with Crippen LogP contribution in [-0.4, -0.2) is 20.9 Å². The molecule has 3 aromatic carbocycles. The fraction of sp³-hybridized carbons (Fsp3) is 0.174. The Kier molecular flexibility index (Phi) is 4.89. The van der Waals surface area contributed by atoms with Gasteiger partial charge in [-0.1, -0.05) is 65.4 Å². The standard InChI is InChI=1S/C23H22N4O/c1-3-27-21-14-13-19(15-20(21)25-26-27)23(28)24-22(17-7-5-4-6-8-17)18-11-9-16(2)10-12-18/h4-15,22H,3H2,1-2H3,(H,24,28). The molecule has 4 rings (SSSR count). The molecule has 0 fully saturated rings. The van der Waals surface area contributed by atoms with Crippen LogP contribution in [0.1, 0.15) is 40.0 Å². The lowest BCUT2D eigenvalue weighted by Crippen LogP contribution is -2.29. The topological polar surface area (TPSA) is 59.8 Å². The molecule has 0 radical (unpaired) electrons. The Hall–Kier alpha value is -3.47. The molecule has 1 unspecified atom stereocenters. The molecule has 1 atom stereocenters. The number of carbonyl (C=O) groups excluding carboxylic acids is 1. The van der Waals surface area contributed by atoms with Gasteiger partial charge in [0, 0.05) is 12.1 Å². The Morgan fingerprint density at radius 2 is 1.71 bits per heavy atom. The summed E-state index contributed by atoms with van der Waals surface area (Å²) in [6, 6.07) is 23.5. The molecule has 0 aliphatic carbocycles. The summed E-state index contributed by atoms with van der Waals surface area (Å²) in [5.74, 6) is -0.137. The molecule has 4 aromatic rings. The van der Waals surface area contributed by atoms with Crippen LogP contribution in [0, 0.1) is 6.92 Å². The fourth-order valence-electron chi connectivity index (χ4n) is 3.32. The highest BCUT2D eigenvalue weighted by Gasteiger charge is 2.18. The van der Waals surface area contributed by atoms with Crippen LogP contribution in [0.15, 0.2) is 72.8 Å². The van der Waals surface area contributed by atoms with E-state index in [-0.39, 0.29) is 11.9 Å². The lowest BCUT2D eigenvalue weighted by atomic mass is 9.97. The summed E-state index contributed by atoms with van der Waals surface area (Å²) >= 11 is 0. The summed E-state index contributed by atoms with van der Waals surface area (Å²) in [7, 11) is 0. The van der Waals surface area contributed by atoms with Gasteiger partial charge in [-0.3, -0.25) is 4.79 Å². The number of aromatic nitrogens is 3. The van der Waals surface area contributed by atoms with E-state index in [4.69, 9.17) is 0 Å². The summed E-state index contributed by atoms with van der Waals surface area (Å²) in [5.41, 5.74) is 5.49. The molecular weight excluding hydrogens is 348 g/mol. The third-order valence-electron chi connectivity index (χ3n) is 4.89. The van der Waals surface area contributed by atoms with Crippen molar-refractivity contribution < 1.29 is 4.79 Å². The molecule has 0 bridgehead atoms. The Balaban J connectivity index is 1.66. The summed E-state index contributed by atoms with van der Waals surface area (Å²) in [5, 5.41) is 11.5. The highest BCUT2D eigenvalue weighted by molar-refractivity contribution is 5.97. The third-order valence-corrected chi connectivity index (χ3v) is 4.89. The largest absolute Gasteiger partial charge is 0.341 e. The lowest BCUT2D eigenvalue weighted by Gasteiger charge is -2.20. The van der Waals surface area contributed by atoms with Crippen molar-refractivity contribution in [3.05, 3.63) is 95.1 Å². The maximum absolute atomic E-state index is 13.0. The average Bonchev–Trinajstić information content (AvgIpc) is 3.15. The van der Waals surface area contributed by atoms with Crippen molar-refractivity contribution in [3.8, 4) is 0 Å². The number of carbonyl (C=O) groups is 1. The van der Waals surface area contributed by atoms with Crippen LogP contribution in [-0.2, 0) is 6.54 Å². The molecule has 5 heteroatoms. The molecule has 0 aliphatic heterocycles. The number of nitrogens with one attached hydrogen (secondary N) is 1. The second-order valence-electron chi connectivity index (χ2n) is 6.84. The van der Waals surface area contributed by atoms with E-state index >= 15 is 0 Å². The Bertz CT molecular complexity index is 1100. The van der Waals surface area contributed by atoms with E-state index in [1.54, 1.807) is 6.07 Å². The normalized spacial score (nSPS) is 12.1. The van der Waals surface area contributed by atoms with Crippen LogP contribution in [0.25, 0.3) is 11.0 Å². The first-order chi connectivity index (χ1) is 13.7. The number of rotatable bonds is 5. The molecular formula is C23H22N4O. The quantitative estimate of drug-likeness (QED) is 0.570. The molecule has 0 saturated heterocycles. The van der Waals surface area contributed by atoms with Crippen LogP contribution in [0.5, 0.6) is 0 Å². The van der Waals surface area contributed by atoms with E-state index in [2.05, 4.69) is 46.8 Å². The van der Waals surface area contributed by atoms with E-state index in [0.29, 0.717) is 5.56 Å². The lowest BCUT2D eigenvalue weighted by molar-refractivity contribution is 0.0943. The molecule has 0 spiro atoms. The first-order valence-corrected chi connectivity index (χ1v) is 9.41. The van der Waals surface area contributed by atoms with Crippen LogP contribution >= 0.6 is 0 Å². The van der Waals surface area contributed by atoms with Gasteiger partial charge in [-0.25, -0.2) is 4.68 Å². The molecule has 1 heterocycles. The highest BCUT2D eigenvalue weighted by atomic mass is 16.1. The summed E-state index contributed by atoms with van der Waals surface area (Å²) in [4.78, 5) is 13.0. The van der Waals surface area contributed by atoms with Crippen molar-refractivity contribution in [1.29, 1.82) is 0 Å². The van der Waals surface area contributed by atoms with Gasteiger partial charge in [0.25, 0.3) is 5.91 Å². The molecule has 0 saturated carbocycles. The van der Waals surface area contributed by atoms with Gasteiger partial charge >= 0.3 is 0 Å². The van der Waals surface area contributed by atoms with Crippen LogP contribution in [0.4, 0.5) is 0 Å². The predicted molar refractivity (Wildman–Crippen MR) is 110 cm³/mol. The minimum absolute atomic E-state index is 0.137. The molecule has 1 aromatic heterocycles. The molecule has 140 valence electrons. The minimum atomic E-state index is -0.226. The smallest absolute Gasteiger partial charge is 0.252 e. The van der Waals surface area contributed by atoms with E-state index in [1.807, 2.05) is 54.1 Å². The van der Waals surface area contributed by atoms with Gasteiger partial charge in [-0.15, -0.1) is 5.10 Å². The van der Waals surface area contributed by atoms with Gasteiger partial charge in [0.05, 0.1) is 11.6 Å². The minimum Gasteiger partial charge on any atom is -0.341 e. The summed E-state index contributed by atoms with van der Waals surface area (Å²) in [6.07, 6.45) is 0. The predicted octanol–water partition coefficient (Wildman–Crippen LogP) is 4.28. The SMILES string of the molecule is CCn1nnc2cc(C(=O)NC(c3ccccc3)c3ccc(C)cc3)ccc21. The van der Waals surface area contributed by atoms with Crippen molar-refractivity contribution in [2.45, 2.75) is 26.4 Å². The van der Waals surface area contributed by atoms with Crippen molar-refractivity contribution in [1.82, 2.24) is 20.3 Å². The first-order valence-electron chi connectivity index (χ1n) is 9.41. The molecule has 28 heavy (non-hydrogen) atoms. The van der Waals surface area contributed by atoms with Gasteiger partial charge in [0.15, 0.2) is 0 Å². The zero-order chi connectivity index (χ0) is 19.5. The van der Waals surface area contributed by atoms with Crippen LogP contribution in [0.2, 0.25) is 0 Å². The number of amides is 1. The fourth-order valence-corrected chi connectivity index (χ4v) is 3.32. The Morgan fingerprint density at radius 3 is 2.43 bits per heavy atom. The van der Waals surface area contributed by atoms with Crippen molar-refractivity contribution in [2.24, 2.45) is 0 Å². The first kappa shape index (κ1) is 17.9.